The van der Waals surface area contributed by atoms with E-state index in [-0.39, 0.29) is 24.3 Å². The highest BCUT2D eigenvalue weighted by Crippen LogP contribution is 2.15. The summed E-state index contributed by atoms with van der Waals surface area (Å²) in [6.45, 7) is 2.78. The van der Waals surface area contributed by atoms with Crippen LogP contribution in [0.4, 0.5) is 0 Å². The number of esters is 1. The molecule has 4 heteroatoms. The van der Waals surface area contributed by atoms with Gasteiger partial charge < -0.3 is 10.1 Å². The van der Waals surface area contributed by atoms with E-state index in [1.165, 1.54) is 116 Å². The molecule has 0 aromatic carbocycles. The Hall–Kier alpha value is -1.06. The van der Waals surface area contributed by atoms with Crippen LogP contribution in [-0.2, 0) is 14.3 Å². The first kappa shape index (κ1) is 27.0. The molecule has 1 aliphatic heterocycles. The van der Waals surface area contributed by atoms with Gasteiger partial charge in [0, 0.05) is 0 Å². The number of carbonyl (C=O) groups excluding carboxylic acids is 2. The summed E-state index contributed by atoms with van der Waals surface area (Å²) < 4.78 is 5.18. The van der Waals surface area contributed by atoms with Gasteiger partial charge in [-0.3, -0.25) is 4.79 Å². The number of nitrogens with one attached hydrogen (secondary N) is 1. The Morgan fingerprint density at radius 3 is 1.37 bits per heavy atom. The van der Waals surface area contributed by atoms with Gasteiger partial charge in [-0.05, 0) is 6.42 Å². The molecule has 1 amide bonds. The number of hydrogen-bond donors (Lipinski definition) is 1. The van der Waals surface area contributed by atoms with Gasteiger partial charge in [0.2, 0.25) is 5.91 Å². The van der Waals surface area contributed by atoms with Crippen LogP contribution in [0.2, 0.25) is 0 Å². The number of carbonyl (C=O) groups is 2. The summed E-state index contributed by atoms with van der Waals surface area (Å²) in [5.41, 5.74) is 0. The van der Waals surface area contributed by atoms with Gasteiger partial charge in [-0.2, -0.15) is 0 Å². The van der Waals surface area contributed by atoms with Gasteiger partial charge in [0.25, 0.3) is 0 Å². The van der Waals surface area contributed by atoms with Gasteiger partial charge in [-0.15, -0.1) is 0 Å². The summed E-state index contributed by atoms with van der Waals surface area (Å²) in [5.74, 6) is -0.330. The summed E-state index contributed by atoms with van der Waals surface area (Å²) in [5, 5.41) is 2.54. The molecule has 1 heterocycles. The van der Waals surface area contributed by atoms with E-state index in [0.29, 0.717) is 6.61 Å². The van der Waals surface area contributed by atoms with Crippen LogP contribution in [0.25, 0.3) is 0 Å². The zero-order valence-corrected chi connectivity index (χ0v) is 19.9. The van der Waals surface area contributed by atoms with Gasteiger partial charge in [0.05, 0.1) is 13.0 Å². The molecular formula is C26H49NO3. The van der Waals surface area contributed by atoms with Crippen LogP contribution in [0, 0.1) is 0 Å². The minimum atomic E-state index is -0.386. The molecule has 0 bridgehead atoms. The number of β-lactam (4-membered cyclic amide) rings is 1. The van der Waals surface area contributed by atoms with Crippen LogP contribution in [0.3, 0.4) is 0 Å². The van der Waals surface area contributed by atoms with Crippen LogP contribution < -0.4 is 5.32 Å². The predicted octanol–water partition coefficient (Wildman–Crippen LogP) is 7.24. The van der Waals surface area contributed by atoms with E-state index in [1.54, 1.807) is 0 Å². The molecule has 1 saturated heterocycles. The summed E-state index contributed by atoms with van der Waals surface area (Å²) >= 11 is 0. The third-order valence-electron chi connectivity index (χ3n) is 6.25. The SMILES string of the molecule is CCCCCCCCCCCCCCCCCCCCCCOC(=O)[C@@H]1CC(=O)N1. The molecule has 0 saturated carbocycles. The minimum absolute atomic E-state index is 0.0595. The highest BCUT2D eigenvalue weighted by molar-refractivity contribution is 5.94. The normalized spacial score (nSPS) is 15.6. The van der Waals surface area contributed by atoms with Crippen molar-refractivity contribution in [2.45, 2.75) is 148 Å². The van der Waals surface area contributed by atoms with Gasteiger partial charge in [-0.25, -0.2) is 4.79 Å². The first-order valence-corrected chi connectivity index (χ1v) is 13.2. The van der Waals surface area contributed by atoms with Crippen molar-refractivity contribution in [1.29, 1.82) is 0 Å². The van der Waals surface area contributed by atoms with Gasteiger partial charge >= 0.3 is 5.97 Å². The van der Waals surface area contributed by atoms with Crippen molar-refractivity contribution >= 4 is 11.9 Å². The van der Waals surface area contributed by atoms with E-state index in [2.05, 4.69) is 12.2 Å². The summed E-state index contributed by atoms with van der Waals surface area (Å²) in [6, 6.07) is -0.386. The lowest BCUT2D eigenvalue weighted by Crippen LogP contribution is -2.53. The molecular weight excluding hydrogens is 374 g/mol. The van der Waals surface area contributed by atoms with Crippen molar-refractivity contribution in [3.8, 4) is 0 Å². The molecule has 0 radical (unpaired) electrons. The maximum atomic E-state index is 11.5. The van der Waals surface area contributed by atoms with Crippen LogP contribution in [-0.4, -0.2) is 24.5 Å². The molecule has 0 aliphatic carbocycles. The smallest absolute Gasteiger partial charge is 0.329 e. The quantitative estimate of drug-likeness (QED) is 0.113. The van der Waals surface area contributed by atoms with E-state index >= 15 is 0 Å². The fourth-order valence-corrected chi connectivity index (χ4v) is 4.13. The summed E-state index contributed by atoms with van der Waals surface area (Å²) in [4.78, 5) is 22.3. The Kier molecular flexibility index (Phi) is 17.9. The second-order valence-corrected chi connectivity index (χ2v) is 9.21. The zero-order valence-electron chi connectivity index (χ0n) is 19.9. The first-order chi connectivity index (χ1) is 14.7. The average Bonchev–Trinajstić information content (AvgIpc) is 2.72. The lowest BCUT2D eigenvalue weighted by Gasteiger charge is -2.24. The van der Waals surface area contributed by atoms with E-state index < -0.39 is 0 Å². The van der Waals surface area contributed by atoms with Crippen molar-refractivity contribution in [3.63, 3.8) is 0 Å². The molecule has 1 atom stereocenters. The maximum absolute atomic E-state index is 11.5. The lowest BCUT2D eigenvalue weighted by molar-refractivity contribution is -0.153. The predicted molar refractivity (Wildman–Crippen MR) is 126 cm³/mol. The average molecular weight is 424 g/mol. The number of ether oxygens (including phenoxy) is 1. The molecule has 1 aliphatic rings. The molecule has 4 nitrogen and oxygen atoms in total. The first-order valence-electron chi connectivity index (χ1n) is 13.2. The van der Waals surface area contributed by atoms with Crippen molar-refractivity contribution < 1.29 is 14.3 Å². The number of amides is 1. The Morgan fingerprint density at radius 2 is 1.03 bits per heavy atom. The van der Waals surface area contributed by atoms with Crippen molar-refractivity contribution in [2.75, 3.05) is 6.61 Å². The largest absolute Gasteiger partial charge is 0.464 e. The monoisotopic (exact) mass is 423 g/mol. The van der Waals surface area contributed by atoms with Crippen LogP contribution in [0.1, 0.15) is 142 Å². The zero-order chi connectivity index (χ0) is 21.7. The second-order valence-electron chi connectivity index (χ2n) is 9.21. The van der Waals surface area contributed by atoms with Gasteiger partial charge in [0.1, 0.15) is 6.04 Å². The maximum Gasteiger partial charge on any atom is 0.329 e. The number of rotatable bonds is 22. The molecule has 1 fully saturated rings. The third kappa shape index (κ3) is 15.7. The van der Waals surface area contributed by atoms with Crippen LogP contribution in [0.15, 0.2) is 0 Å². The second kappa shape index (κ2) is 19.9. The third-order valence-corrected chi connectivity index (χ3v) is 6.25. The summed E-state index contributed by atoms with van der Waals surface area (Å²) in [6.07, 6.45) is 27.6. The molecule has 30 heavy (non-hydrogen) atoms. The Bertz CT molecular complexity index is 417. The van der Waals surface area contributed by atoms with E-state index in [1.807, 2.05) is 0 Å². The number of hydrogen-bond acceptors (Lipinski definition) is 3. The minimum Gasteiger partial charge on any atom is -0.464 e. The molecule has 0 aromatic rings. The van der Waals surface area contributed by atoms with Gasteiger partial charge in [0.15, 0.2) is 0 Å². The fourth-order valence-electron chi connectivity index (χ4n) is 4.13. The van der Waals surface area contributed by atoms with Crippen LogP contribution >= 0.6 is 0 Å². The topological polar surface area (TPSA) is 55.4 Å². The molecule has 176 valence electrons. The Morgan fingerprint density at radius 1 is 0.700 bits per heavy atom. The van der Waals surface area contributed by atoms with Crippen molar-refractivity contribution in [1.82, 2.24) is 5.32 Å². The van der Waals surface area contributed by atoms with Crippen LogP contribution in [0.5, 0.6) is 0 Å². The van der Waals surface area contributed by atoms with Crippen molar-refractivity contribution in [2.24, 2.45) is 0 Å². The highest BCUT2D eigenvalue weighted by atomic mass is 16.5. The van der Waals surface area contributed by atoms with Gasteiger partial charge in [-0.1, -0.05) is 129 Å². The Balaban J connectivity index is 1.65. The molecule has 1 rings (SSSR count). The lowest BCUT2D eigenvalue weighted by atomic mass is 10.0. The standard InChI is InChI=1S/C26H49NO3/c1-2-3-4-5-6-7-8-9-10-11-12-13-14-15-16-17-18-19-20-21-22-30-26(29)24-23-25(28)27-24/h24H,2-23H2,1H3,(H,27,28)/t24-/m0/s1. The molecule has 1 N–H and O–H groups in total. The van der Waals surface area contributed by atoms with E-state index in [4.69, 9.17) is 4.74 Å². The summed E-state index contributed by atoms with van der Waals surface area (Å²) in [7, 11) is 0. The molecule has 0 unspecified atom stereocenters. The van der Waals surface area contributed by atoms with E-state index in [0.717, 1.165) is 12.8 Å². The molecule has 0 spiro atoms. The molecule has 0 aromatic heterocycles. The van der Waals surface area contributed by atoms with E-state index in [9.17, 15) is 9.59 Å². The Labute approximate surface area is 186 Å². The fraction of sp³-hybridized carbons (Fsp3) is 0.923. The van der Waals surface area contributed by atoms with Crippen molar-refractivity contribution in [3.05, 3.63) is 0 Å². The number of unbranched alkanes of at least 4 members (excludes halogenated alkanes) is 19. The highest BCUT2D eigenvalue weighted by Gasteiger charge is 2.32.